The van der Waals surface area contributed by atoms with Crippen molar-refractivity contribution >= 4 is 31.6 Å². The summed E-state index contributed by atoms with van der Waals surface area (Å²) in [5, 5.41) is 0. The zero-order valence-corrected chi connectivity index (χ0v) is 15.7. The van der Waals surface area contributed by atoms with E-state index in [0.29, 0.717) is 4.80 Å². The first kappa shape index (κ1) is 17.5. The lowest BCUT2D eigenvalue weighted by atomic mass is 10.2. The van der Waals surface area contributed by atoms with Gasteiger partial charge in [-0.3, -0.25) is 0 Å². The number of aryl methyl sites for hydroxylation is 2. The summed E-state index contributed by atoms with van der Waals surface area (Å²) in [5.74, 6) is 2.58. The van der Waals surface area contributed by atoms with Crippen molar-refractivity contribution in [2.75, 3.05) is 0 Å². The van der Waals surface area contributed by atoms with Crippen LogP contribution in [0.3, 0.4) is 0 Å². The summed E-state index contributed by atoms with van der Waals surface area (Å²) in [4.78, 5) is 0.568. The predicted molar refractivity (Wildman–Crippen MR) is 102 cm³/mol. The molecule has 4 nitrogen and oxygen atoms in total. The van der Waals surface area contributed by atoms with Gasteiger partial charge in [0.1, 0.15) is 0 Å². The Bertz CT molecular complexity index is 1130. The topological polar surface area (TPSA) is 51.4 Å². The molecule has 0 fully saturated rings. The van der Waals surface area contributed by atoms with Crippen LogP contribution in [0.4, 0.5) is 0 Å². The minimum Gasteiger partial charge on any atom is -0.304 e. The minimum atomic E-state index is -3.79. The van der Waals surface area contributed by atoms with Crippen molar-refractivity contribution in [3.05, 3.63) is 58.4 Å². The van der Waals surface area contributed by atoms with Crippen LogP contribution in [-0.2, 0) is 23.0 Å². The summed E-state index contributed by atoms with van der Waals surface area (Å²) in [6.07, 6.45) is 6.38. The summed E-state index contributed by atoms with van der Waals surface area (Å²) in [5.41, 5.74) is 3.09. The zero-order chi connectivity index (χ0) is 18.0. The van der Waals surface area contributed by atoms with Gasteiger partial charge in [-0.2, -0.15) is 8.42 Å². The number of fused-ring (bicyclic) bond motifs is 1. The predicted octanol–water partition coefficient (Wildman–Crippen LogP) is 3.50. The Hall–Kier alpha value is -2.36. The Balaban J connectivity index is 2.22. The number of aromatic nitrogens is 1. The van der Waals surface area contributed by atoms with Crippen LogP contribution in [0.15, 0.2) is 51.8 Å². The molecule has 0 spiro atoms. The van der Waals surface area contributed by atoms with Gasteiger partial charge in [0.05, 0.1) is 21.7 Å². The molecule has 0 unspecified atom stereocenters. The molecule has 0 atom stereocenters. The molecule has 0 aliphatic rings. The number of hydrogen-bond donors (Lipinski definition) is 0. The van der Waals surface area contributed by atoms with Crippen molar-refractivity contribution in [3.63, 3.8) is 0 Å². The Kier molecular flexibility index (Phi) is 4.80. The lowest BCUT2D eigenvalue weighted by Gasteiger charge is -2.02. The third-order valence-electron chi connectivity index (χ3n) is 3.92. The van der Waals surface area contributed by atoms with E-state index >= 15 is 0 Å². The van der Waals surface area contributed by atoms with Crippen molar-refractivity contribution < 1.29 is 8.42 Å². The van der Waals surface area contributed by atoms with Crippen LogP contribution in [-0.4, -0.2) is 13.0 Å². The molecule has 6 heteroatoms. The first-order valence-electron chi connectivity index (χ1n) is 7.88. The highest BCUT2D eigenvalue weighted by molar-refractivity contribution is 7.90. The molecule has 1 heterocycles. The molecule has 0 aliphatic heterocycles. The molecular weight excluding hydrogens is 352 g/mol. The molecular formula is C19H18N2O2S2. The summed E-state index contributed by atoms with van der Waals surface area (Å²) < 4.78 is 32.1. The van der Waals surface area contributed by atoms with E-state index < -0.39 is 10.0 Å². The summed E-state index contributed by atoms with van der Waals surface area (Å²) in [7, 11) is -3.79. The number of sulfonamides is 1. The number of terminal acetylenes is 1. The highest BCUT2D eigenvalue weighted by Crippen LogP contribution is 2.20. The smallest absolute Gasteiger partial charge is 0.285 e. The van der Waals surface area contributed by atoms with Gasteiger partial charge < -0.3 is 4.57 Å². The normalized spacial score (nSPS) is 12.4. The molecule has 3 rings (SSSR count). The van der Waals surface area contributed by atoms with E-state index in [0.717, 1.165) is 22.2 Å². The summed E-state index contributed by atoms with van der Waals surface area (Å²) in [6.45, 7) is 4.26. The standard InChI is InChI=1S/C19H18N2O2S2/c1-4-12-21-17-11-8-15(5-2)13-18(17)24-19(21)20-25(22,23)16-9-6-14(3)7-10-16/h1,6-11,13H,5,12H2,2-3H3. The van der Waals surface area contributed by atoms with E-state index in [1.165, 1.54) is 16.9 Å². The molecule has 128 valence electrons. The van der Waals surface area contributed by atoms with Crippen molar-refractivity contribution in [2.24, 2.45) is 4.40 Å². The molecule has 2 aromatic carbocycles. The van der Waals surface area contributed by atoms with Gasteiger partial charge in [-0.25, -0.2) is 0 Å². The molecule has 0 bridgehead atoms. The lowest BCUT2D eigenvalue weighted by molar-refractivity contribution is 0.596. The molecule has 0 saturated heterocycles. The fraction of sp³-hybridized carbons (Fsp3) is 0.211. The Labute approximate surface area is 151 Å². The van der Waals surface area contributed by atoms with Gasteiger partial charge in [-0.15, -0.1) is 10.8 Å². The number of nitrogens with zero attached hydrogens (tertiary/aromatic N) is 2. The lowest BCUT2D eigenvalue weighted by Crippen LogP contribution is -2.16. The van der Waals surface area contributed by atoms with E-state index in [1.54, 1.807) is 28.8 Å². The van der Waals surface area contributed by atoms with Gasteiger partial charge in [0.2, 0.25) is 4.80 Å². The highest BCUT2D eigenvalue weighted by atomic mass is 32.2. The first-order chi connectivity index (χ1) is 11.9. The molecule has 1 aromatic heterocycles. The maximum atomic E-state index is 12.6. The molecule has 25 heavy (non-hydrogen) atoms. The van der Waals surface area contributed by atoms with Crippen molar-refractivity contribution in [1.82, 2.24) is 4.57 Å². The fourth-order valence-corrected chi connectivity index (χ4v) is 4.81. The Morgan fingerprint density at radius 2 is 1.92 bits per heavy atom. The maximum absolute atomic E-state index is 12.6. The van der Waals surface area contributed by atoms with Gasteiger partial charge in [-0.05, 0) is 43.2 Å². The average molecular weight is 370 g/mol. The number of hydrogen-bond acceptors (Lipinski definition) is 3. The van der Waals surface area contributed by atoms with Crippen molar-refractivity contribution in [2.45, 2.75) is 31.7 Å². The van der Waals surface area contributed by atoms with Crippen LogP contribution in [0.1, 0.15) is 18.1 Å². The summed E-state index contributed by atoms with van der Waals surface area (Å²) in [6, 6.07) is 12.7. The highest BCUT2D eigenvalue weighted by Gasteiger charge is 2.14. The van der Waals surface area contributed by atoms with Crippen LogP contribution in [0.5, 0.6) is 0 Å². The second kappa shape index (κ2) is 6.87. The van der Waals surface area contributed by atoms with Gasteiger partial charge in [-0.1, -0.05) is 47.9 Å². The van der Waals surface area contributed by atoms with E-state index in [1.807, 2.05) is 19.1 Å². The summed E-state index contributed by atoms with van der Waals surface area (Å²) >= 11 is 1.34. The van der Waals surface area contributed by atoms with Crippen LogP contribution < -0.4 is 4.80 Å². The van der Waals surface area contributed by atoms with E-state index in [-0.39, 0.29) is 11.4 Å². The Morgan fingerprint density at radius 1 is 1.20 bits per heavy atom. The zero-order valence-electron chi connectivity index (χ0n) is 14.1. The van der Waals surface area contributed by atoms with Crippen molar-refractivity contribution in [1.29, 1.82) is 0 Å². The quantitative estimate of drug-likeness (QED) is 0.660. The molecule has 0 saturated carbocycles. The first-order valence-corrected chi connectivity index (χ1v) is 10.1. The van der Waals surface area contributed by atoms with Crippen LogP contribution >= 0.6 is 11.3 Å². The fourth-order valence-electron chi connectivity index (χ4n) is 2.52. The number of rotatable bonds is 4. The van der Waals surface area contributed by atoms with E-state index in [4.69, 9.17) is 6.42 Å². The van der Waals surface area contributed by atoms with Gasteiger partial charge in [0.15, 0.2) is 0 Å². The average Bonchev–Trinajstić information content (AvgIpc) is 2.91. The molecule has 0 aliphatic carbocycles. The Morgan fingerprint density at radius 3 is 2.56 bits per heavy atom. The number of thiazole rings is 1. The van der Waals surface area contributed by atoms with Crippen molar-refractivity contribution in [3.8, 4) is 12.3 Å². The van der Waals surface area contributed by atoms with Crippen LogP contribution in [0.25, 0.3) is 10.2 Å². The van der Waals surface area contributed by atoms with Crippen LogP contribution in [0.2, 0.25) is 0 Å². The van der Waals surface area contributed by atoms with Gasteiger partial charge in [0.25, 0.3) is 10.0 Å². The largest absolute Gasteiger partial charge is 0.304 e. The monoisotopic (exact) mass is 370 g/mol. The molecule has 0 amide bonds. The second-order valence-electron chi connectivity index (χ2n) is 5.71. The maximum Gasteiger partial charge on any atom is 0.285 e. The third kappa shape index (κ3) is 3.53. The number of benzene rings is 2. The SMILES string of the molecule is C#CCn1c(=NS(=O)(=O)c2ccc(C)cc2)sc2cc(CC)ccc21. The molecule has 3 aromatic rings. The van der Waals surface area contributed by atoms with E-state index in [9.17, 15) is 8.42 Å². The van der Waals surface area contributed by atoms with Gasteiger partial charge >= 0.3 is 0 Å². The van der Waals surface area contributed by atoms with Gasteiger partial charge in [0, 0.05) is 0 Å². The third-order valence-corrected chi connectivity index (χ3v) is 6.36. The molecule has 0 N–H and O–H groups in total. The van der Waals surface area contributed by atoms with Crippen LogP contribution in [0, 0.1) is 19.3 Å². The minimum absolute atomic E-state index is 0.178. The molecule has 0 radical (unpaired) electrons. The van der Waals surface area contributed by atoms with E-state index in [2.05, 4.69) is 23.3 Å². The second-order valence-corrected chi connectivity index (χ2v) is 8.32.